The zero-order valence-corrected chi connectivity index (χ0v) is 7.97. The Kier molecular flexibility index (Phi) is 3.06. The van der Waals surface area contributed by atoms with Gasteiger partial charge in [0.15, 0.2) is 0 Å². The number of sulfonamides is 1. The third-order valence-electron chi connectivity index (χ3n) is 1.44. The van der Waals surface area contributed by atoms with Crippen LogP contribution >= 0.6 is 0 Å². The van der Waals surface area contributed by atoms with Gasteiger partial charge in [-0.15, -0.1) is 6.42 Å². The molecule has 1 aromatic heterocycles. The molecule has 0 aliphatic heterocycles. The van der Waals surface area contributed by atoms with Crippen molar-refractivity contribution in [2.45, 2.75) is 4.90 Å². The largest absolute Gasteiger partial charge is 0.366 e. The second-order valence-corrected chi connectivity index (χ2v) is 4.14. The number of H-pyrrole nitrogens is 1. The van der Waals surface area contributed by atoms with Crippen LogP contribution in [-0.4, -0.2) is 19.9 Å². The van der Waals surface area contributed by atoms with Gasteiger partial charge < -0.3 is 4.98 Å². The maximum atomic E-state index is 11.4. The van der Waals surface area contributed by atoms with Crippen molar-refractivity contribution in [3.05, 3.63) is 28.7 Å². The minimum atomic E-state index is -3.79. The molecule has 0 saturated heterocycles. The fraction of sp³-hybridized carbons (Fsp3) is 0.125. The normalized spacial score (nSPS) is 10.8. The summed E-state index contributed by atoms with van der Waals surface area (Å²) in [6.45, 7) is -0.142. The molecule has 74 valence electrons. The molecule has 0 aliphatic rings. The fourth-order valence-electron chi connectivity index (χ4n) is 0.825. The molecule has 5 nitrogen and oxygen atoms in total. The molecule has 0 radical (unpaired) electrons. The molecular weight excluding hydrogens is 204 g/mol. The lowest BCUT2D eigenvalue weighted by Crippen LogP contribution is -2.28. The Balaban J connectivity index is 3.13. The van der Waals surface area contributed by atoms with Gasteiger partial charge in [0, 0.05) is 18.5 Å². The maximum absolute atomic E-state index is 11.4. The van der Waals surface area contributed by atoms with Gasteiger partial charge in [0.25, 0.3) is 0 Å². The molecule has 1 rings (SSSR count). The molecule has 1 aromatic rings. The average molecular weight is 212 g/mol. The Morgan fingerprint density at radius 2 is 2.29 bits per heavy atom. The van der Waals surface area contributed by atoms with Crippen molar-refractivity contribution in [2.75, 3.05) is 6.54 Å². The summed E-state index contributed by atoms with van der Waals surface area (Å²) in [5.74, 6) is 2.11. The molecular formula is C8H8N2O3S. The number of aromatic amines is 1. The van der Waals surface area contributed by atoms with Gasteiger partial charge in [-0.25, -0.2) is 8.42 Å². The van der Waals surface area contributed by atoms with Crippen LogP contribution in [0.25, 0.3) is 0 Å². The second kappa shape index (κ2) is 4.09. The average Bonchev–Trinajstić information content (AvgIpc) is 2.15. The summed E-state index contributed by atoms with van der Waals surface area (Å²) in [4.78, 5) is 13.3. The number of hydrogen-bond donors (Lipinski definition) is 2. The number of nitrogens with one attached hydrogen (secondary N) is 2. The Hall–Kier alpha value is -1.58. The van der Waals surface area contributed by atoms with Gasteiger partial charge in [-0.2, -0.15) is 4.72 Å². The SMILES string of the molecule is C#CCNS(=O)(=O)c1c[nH]ccc1=O. The third-order valence-corrected chi connectivity index (χ3v) is 2.86. The first-order valence-corrected chi connectivity index (χ1v) is 5.16. The van der Waals surface area contributed by atoms with Crippen molar-refractivity contribution in [1.82, 2.24) is 9.71 Å². The summed E-state index contributed by atoms with van der Waals surface area (Å²) < 4.78 is 24.9. The highest BCUT2D eigenvalue weighted by Crippen LogP contribution is 1.98. The van der Waals surface area contributed by atoms with Gasteiger partial charge in [0.2, 0.25) is 15.5 Å². The smallest absolute Gasteiger partial charge is 0.246 e. The number of hydrogen-bond acceptors (Lipinski definition) is 3. The summed E-state index contributed by atoms with van der Waals surface area (Å²) in [5, 5.41) is 0. The molecule has 1 heterocycles. The van der Waals surface area contributed by atoms with Gasteiger partial charge in [0.1, 0.15) is 4.90 Å². The molecule has 0 saturated carbocycles. The van der Waals surface area contributed by atoms with E-state index >= 15 is 0 Å². The van der Waals surface area contributed by atoms with Crippen LogP contribution in [0.4, 0.5) is 0 Å². The van der Waals surface area contributed by atoms with E-state index in [2.05, 4.69) is 15.6 Å². The van der Waals surface area contributed by atoms with Crippen LogP contribution < -0.4 is 10.2 Å². The number of aromatic nitrogens is 1. The first-order valence-electron chi connectivity index (χ1n) is 3.68. The summed E-state index contributed by atoms with van der Waals surface area (Å²) >= 11 is 0. The second-order valence-electron chi connectivity index (χ2n) is 2.40. The van der Waals surface area contributed by atoms with E-state index in [1.54, 1.807) is 0 Å². The van der Waals surface area contributed by atoms with Crippen LogP contribution in [0.5, 0.6) is 0 Å². The first kappa shape index (κ1) is 10.5. The first-order chi connectivity index (χ1) is 6.58. The predicted molar refractivity (Wildman–Crippen MR) is 51.1 cm³/mol. The van der Waals surface area contributed by atoms with E-state index in [0.29, 0.717) is 0 Å². The molecule has 0 spiro atoms. The highest BCUT2D eigenvalue weighted by atomic mass is 32.2. The molecule has 0 amide bonds. The van der Waals surface area contributed by atoms with Gasteiger partial charge in [-0.1, -0.05) is 5.92 Å². The molecule has 2 N–H and O–H groups in total. The summed E-state index contributed by atoms with van der Waals surface area (Å²) in [7, 11) is -3.79. The lowest BCUT2D eigenvalue weighted by Gasteiger charge is -2.01. The maximum Gasteiger partial charge on any atom is 0.246 e. The van der Waals surface area contributed by atoms with Crippen molar-refractivity contribution in [2.24, 2.45) is 0 Å². The quantitative estimate of drug-likeness (QED) is 0.649. The summed E-state index contributed by atoms with van der Waals surface area (Å²) in [5.41, 5.74) is -0.576. The van der Waals surface area contributed by atoms with Crippen molar-refractivity contribution >= 4 is 10.0 Å². The Labute approximate surface area is 81.2 Å². The summed E-state index contributed by atoms with van der Waals surface area (Å²) in [6.07, 6.45) is 7.35. The van der Waals surface area contributed by atoms with Crippen molar-refractivity contribution in [1.29, 1.82) is 0 Å². The van der Waals surface area contributed by atoms with Crippen molar-refractivity contribution in [3.8, 4) is 12.3 Å². The molecule has 0 bridgehead atoms. The topological polar surface area (TPSA) is 79.0 Å². The minimum absolute atomic E-state index is 0.142. The van der Waals surface area contributed by atoms with Crippen LogP contribution in [0.3, 0.4) is 0 Å². The summed E-state index contributed by atoms with van der Waals surface area (Å²) in [6, 6.07) is 1.13. The number of pyridine rings is 1. The zero-order chi connectivity index (χ0) is 10.6. The van der Waals surface area contributed by atoms with E-state index in [1.165, 1.54) is 6.20 Å². The van der Waals surface area contributed by atoms with Gasteiger partial charge in [-0.05, 0) is 0 Å². The highest BCUT2D eigenvalue weighted by molar-refractivity contribution is 7.89. The molecule has 0 aliphatic carbocycles. The molecule has 14 heavy (non-hydrogen) atoms. The molecule has 6 heteroatoms. The Morgan fingerprint density at radius 3 is 2.86 bits per heavy atom. The van der Waals surface area contributed by atoms with E-state index in [-0.39, 0.29) is 11.4 Å². The monoisotopic (exact) mass is 212 g/mol. The third kappa shape index (κ3) is 2.22. The van der Waals surface area contributed by atoms with Gasteiger partial charge in [0.05, 0.1) is 6.54 Å². The van der Waals surface area contributed by atoms with E-state index in [1.807, 2.05) is 0 Å². The van der Waals surface area contributed by atoms with Crippen LogP contribution in [0.15, 0.2) is 28.2 Å². The van der Waals surface area contributed by atoms with Crippen LogP contribution in [0.2, 0.25) is 0 Å². The van der Waals surface area contributed by atoms with Crippen molar-refractivity contribution < 1.29 is 8.42 Å². The zero-order valence-electron chi connectivity index (χ0n) is 7.15. The van der Waals surface area contributed by atoms with Crippen LogP contribution in [0, 0.1) is 12.3 Å². The molecule has 0 atom stereocenters. The number of terminal acetylenes is 1. The van der Waals surface area contributed by atoms with E-state index in [0.717, 1.165) is 12.3 Å². The van der Waals surface area contributed by atoms with Crippen LogP contribution in [0.1, 0.15) is 0 Å². The van der Waals surface area contributed by atoms with E-state index in [4.69, 9.17) is 6.42 Å². The Bertz CT molecular complexity index is 510. The van der Waals surface area contributed by atoms with Gasteiger partial charge in [-0.3, -0.25) is 4.79 Å². The number of rotatable bonds is 3. The minimum Gasteiger partial charge on any atom is -0.366 e. The molecule has 0 aromatic carbocycles. The Morgan fingerprint density at radius 1 is 1.57 bits per heavy atom. The lowest BCUT2D eigenvalue weighted by molar-refractivity contribution is 0.585. The van der Waals surface area contributed by atoms with E-state index < -0.39 is 15.5 Å². The van der Waals surface area contributed by atoms with Crippen LogP contribution in [-0.2, 0) is 10.0 Å². The fourth-order valence-corrected chi connectivity index (χ4v) is 1.81. The van der Waals surface area contributed by atoms with E-state index in [9.17, 15) is 13.2 Å². The van der Waals surface area contributed by atoms with Gasteiger partial charge >= 0.3 is 0 Å². The van der Waals surface area contributed by atoms with Crippen molar-refractivity contribution in [3.63, 3.8) is 0 Å². The standard InChI is InChI=1S/C8H8N2O3S/c1-2-4-10-14(12,13)8-6-9-5-3-7(8)11/h1,3,5-6,10H,4H2,(H,9,11). The predicted octanol–water partition coefficient (Wildman–Crippen LogP) is -0.714. The molecule has 0 unspecified atom stereocenters. The highest BCUT2D eigenvalue weighted by Gasteiger charge is 2.15. The lowest BCUT2D eigenvalue weighted by atomic mass is 10.5. The molecule has 0 fully saturated rings.